The molecule has 0 aliphatic rings. The summed E-state index contributed by atoms with van der Waals surface area (Å²) in [6.45, 7) is 0. The Kier molecular flexibility index (Phi) is 5.82. The van der Waals surface area contributed by atoms with Crippen LogP contribution in [0, 0.1) is 0 Å². The van der Waals surface area contributed by atoms with Gasteiger partial charge in [0.1, 0.15) is 0 Å². The number of nitrogens with zero attached hydrogens (tertiary/aromatic N) is 3. The van der Waals surface area contributed by atoms with E-state index in [4.69, 9.17) is 4.98 Å². The van der Waals surface area contributed by atoms with Gasteiger partial charge in [-0.15, -0.1) is 0 Å². The van der Waals surface area contributed by atoms with E-state index in [1.165, 1.54) is 54.5 Å². The van der Waals surface area contributed by atoms with E-state index >= 15 is 0 Å². The third-order valence-electron chi connectivity index (χ3n) is 8.90. The molecule has 0 bridgehead atoms. The van der Waals surface area contributed by atoms with E-state index < -0.39 is 0 Å². The second-order valence-corrected chi connectivity index (χ2v) is 11.4. The lowest BCUT2D eigenvalue weighted by atomic mass is 9.93. The minimum absolute atomic E-state index is 0.973. The van der Waals surface area contributed by atoms with E-state index in [1.807, 2.05) is 30.6 Å². The molecule has 0 spiro atoms. The van der Waals surface area contributed by atoms with Crippen molar-refractivity contribution in [2.24, 2.45) is 0 Å². The molecule has 45 heavy (non-hydrogen) atoms. The zero-order chi connectivity index (χ0) is 29.7. The first kappa shape index (κ1) is 25.4. The fourth-order valence-electron chi connectivity index (χ4n) is 6.93. The van der Waals surface area contributed by atoms with Crippen molar-refractivity contribution >= 4 is 43.4 Å². The summed E-state index contributed by atoms with van der Waals surface area (Å²) >= 11 is 0. The molecule has 3 aromatic heterocycles. The highest BCUT2D eigenvalue weighted by Gasteiger charge is 2.19. The Bertz CT molecular complexity index is 2510. The molecule has 0 amide bonds. The predicted molar refractivity (Wildman–Crippen MR) is 188 cm³/mol. The Morgan fingerprint density at radius 2 is 0.956 bits per heavy atom. The standard InChI is InChI=1S/C42H27N3/c1-2-12-29(13-3-1)45-40-26-28(30-22-23-34(38-18-8-10-24-43-38)32-15-5-4-14-31(30)32)20-21-36(40)42-35-17-7-6-16-33(35)37(27-41(42)45)39-19-9-11-25-44-39/h1-27H. The summed E-state index contributed by atoms with van der Waals surface area (Å²) in [4.78, 5) is 9.42. The average Bonchev–Trinajstić information content (AvgIpc) is 3.45. The van der Waals surface area contributed by atoms with E-state index in [0.717, 1.165) is 28.2 Å². The normalized spacial score (nSPS) is 11.6. The van der Waals surface area contributed by atoms with Gasteiger partial charge in [-0.3, -0.25) is 9.97 Å². The van der Waals surface area contributed by atoms with Gasteiger partial charge in [0.15, 0.2) is 0 Å². The third-order valence-corrected chi connectivity index (χ3v) is 8.90. The van der Waals surface area contributed by atoms with Crippen molar-refractivity contribution in [1.29, 1.82) is 0 Å². The van der Waals surface area contributed by atoms with E-state index in [9.17, 15) is 0 Å². The molecule has 3 heteroatoms. The molecule has 0 atom stereocenters. The second-order valence-electron chi connectivity index (χ2n) is 11.4. The van der Waals surface area contributed by atoms with Crippen LogP contribution in [0.15, 0.2) is 164 Å². The second kappa shape index (κ2) is 10.3. The van der Waals surface area contributed by atoms with Crippen molar-refractivity contribution in [3.63, 3.8) is 0 Å². The number of hydrogen-bond acceptors (Lipinski definition) is 2. The van der Waals surface area contributed by atoms with Crippen LogP contribution < -0.4 is 0 Å². The van der Waals surface area contributed by atoms with Gasteiger partial charge < -0.3 is 4.57 Å². The van der Waals surface area contributed by atoms with Crippen LogP contribution >= 0.6 is 0 Å². The van der Waals surface area contributed by atoms with Crippen LogP contribution in [-0.4, -0.2) is 14.5 Å². The van der Waals surface area contributed by atoms with Crippen molar-refractivity contribution in [2.75, 3.05) is 0 Å². The molecule has 0 aliphatic carbocycles. The van der Waals surface area contributed by atoms with Gasteiger partial charge in [0.2, 0.25) is 0 Å². The van der Waals surface area contributed by atoms with Gasteiger partial charge >= 0.3 is 0 Å². The average molecular weight is 574 g/mol. The molecule has 0 radical (unpaired) electrons. The number of rotatable bonds is 4. The van der Waals surface area contributed by atoms with Crippen molar-refractivity contribution in [3.05, 3.63) is 164 Å². The molecule has 9 aromatic rings. The van der Waals surface area contributed by atoms with Crippen LogP contribution in [0.3, 0.4) is 0 Å². The molecule has 0 saturated heterocycles. The summed E-state index contributed by atoms with van der Waals surface area (Å²) in [5.41, 5.74) is 10.1. The van der Waals surface area contributed by atoms with Gasteiger partial charge in [0.05, 0.1) is 22.4 Å². The monoisotopic (exact) mass is 573 g/mol. The van der Waals surface area contributed by atoms with Crippen LogP contribution in [-0.2, 0) is 0 Å². The molecule has 210 valence electrons. The summed E-state index contributed by atoms with van der Waals surface area (Å²) in [5.74, 6) is 0. The Hall–Kier alpha value is -6.06. The Labute approximate surface area is 260 Å². The largest absolute Gasteiger partial charge is 0.309 e. The zero-order valence-corrected chi connectivity index (χ0v) is 24.4. The summed E-state index contributed by atoms with van der Waals surface area (Å²) in [6, 6.07) is 54.0. The molecule has 6 aromatic carbocycles. The molecule has 0 saturated carbocycles. The summed E-state index contributed by atoms with van der Waals surface area (Å²) < 4.78 is 2.41. The number of fused-ring (bicyclic) bond motifs is 6. The third kappa shape index (κ3) is 4.05. The number of para-hydroxylation sites is 1. The van der Waals surface area contributed by atoms with E-state index in [1.54, 1.807) is 0 Å². The molecule has 0 aliphatic heterocycles. The minimum Gasteiger partial charge on any atom is -0.309 e. The maximum Gasteiger partial charge on any atom is 0.0708 e. The van der Waals surface area contributed by atoms with Crippen LogP contribution in [0.25, 0.3) is 82.7 Å². The van der Waals surface area contributed by atoms with Crippen LogP contribution in [0.4, 0.5) is 0 Å². The van der Waals surface area contributed by atoms with E-state index in [0.29, 0.717) is 0 Å². The topological polar surface area (TPSA) is 30.7 Å². The molecule has 0 fully saturated rings. The summed E-state index contributed by atoms with van der Waals surface area (Å²) in [7, 11) is 0. The highest BCUT2D eigenvalue weighted by atomic mass is 15.0. The number of benzene rings is 6. The lowest BCUT2D eigenvalue weighted by Gasteiger charge is -2.13. The van der Waals surface area contributed by atoms with Crippen molar-refractivity contribution < 1.29 is 0 Å². The lowest BCUT2D eigenvalue weighted by molar-refractivity contribution is 1.18. The maximum absolute atomic E-state index is 4.76. The highest BCUT2D eigenvalue weighted by molar-refractivity contribution is 6.24. The Morgan fingerprint density at radius 1 is 0.378 bits per heavy atom. The molecule has 9 rings (SSSR count). The SMILES string of the molecule is c1ccc(-n2c3cc(-c4ccc(-c5ccccn5)c5ccccc45)ccc3c3c4ccccc4c(-c4ccccn4)cc32)cc1. The Balaban J connectivity index is 1.37. The van der Waals surface area contributed by atoms with Gasteiger partial charge in [0.25, 0.3) is 0 Å². The van der Waals surface area contributed by atoms with Crippen LogP contribution in [0.1, 0.15) is 0 Å². The lowest BCUT2D eigenvalue weighted by Crippen LogP contribution is -1.95. The zero-order valence-electron chi connectivity index (χ0n) is 24.4. The molecule has 0 N–H and O–H groups in total. The van der Waals surface area contributed by atoms with Crippen molar-refractivity contribution in [1.82, 2.24) is 14.5 Å². The fourth-order valence-corrected chi connectivity index (χ4v) is 6.93. The van der Waals surface area contributed by atoms with E-state index in [-0.39, 0.29) is 0 Å². The first-order valence-electron chi connectivity index (χ1n) is 15.3. The minimum atomic E-state index is 0.973. The maximum atomic E-state index is 4.76. The van der Waals surface area contributed by atoms with Gasteiger partial charge in [-0.05, 0) is 81.2 Å². The fraction of sp³-hybridized carbons (Fsp3) is 0. The molecular weight excluding hydrogens is 546 g/mol. The number of aromatic nitrogens is 3. The quantitative estimate of drug-likeness (QED) is 0.210. The van der Waals surface area contributed by atoms with Gasteiger partial charge in [-0.2, -0.15) is 0 Å². The highest BCUT2D eigenvalue weighted by Crippen LogP contribution is 2.43. The van der Waals surface area contributed by atoms with Crippen LogP contribution in [0.5, 0.6) is 0 Å². The molecule has 3 nitrogen and oxygen atoms in total. The number of pyridine rings is 2. The smallest absolute Gasteiger partial charge is 0.0708 e. The molecule has 0 unspecified atom stereocenters. The van der Waals surface area contributed by atoms with Crippen molar-refractivity contribution in [2.45, 2.75) is 0 Å². The van der Waals surface area contributed by atoms with Gasteiger partial charge in [0, 0.05) is 40.0 Å². The summed E-state index contributed by atoms with van der Waals surface area (Å²) in [6.07, 6.45) is 3.73. The van der Waals surface area contributed by atoms with Crippen LogP contribution in [0.2, 0.25) is 0 Å². The van der Waals surface area contributed by atoms with Gasteiger partial charge in [-0.25, -0.2) is 0 Å². The van der Waals surface area contributed by atoms with E-state index in [2.05, 4.69) is 143 Å². The Morgan fingerprint density at radius 3 is 1.64 bits per heavy atom. The van der Waals surface area contributed by atoms with Crippen molar-refractivity contribution in [3.8, 4) is 39.3 Å². The first-order valence-corrected chi connectivity index (χ1v) is 15.3. The summed E-state index contributed by atoms with van der Waals surface area (Å²) in [5, 5.41) is 7.33. The van der Waals surface area contributed by atoms with Gasteiger partial charge in [-0.1, -0.05) is 103 Å². The first-order chi connectivity index (χ1) is 22.3. The molecular formula is C42H27N3. The predicted octanol–water partition coefficient (Wildman–Crippen LogP) is 10.9. The number of hydrogen-bond donors (Lipinski definition) is 0. The molecule has 3 heterocycles.